The monoisotopic (exact) mass is 509 g/mol. The second kappa shape index (κ2) is 11.2. The summed E-state index contributed by atoms with van der Waals surface area (Å²) in [4.78, 5) is 53.7. The molecule has 1 fully saturated rings. The highest BCUT2D eigenvalue weighted by atomic mass is 16.5. The number of nitrogens with zero attached hydrogens (tertiary/aromatic N) is 2. The summed E-state index contributed by atoms with van der Waals surface area (Å²) in [5.41, 5.74) is 1.19. The first kappa shape index (κ1) is 25.8. The Hall–Kier alpha value is -4.28. The van der Waals surface area contributed by atoms with Crippen LogP contribution in [0.1, 0.15) is 42.5 Å². The van der Waals surface area contributed by atoms with E-state index in [1.54, 1.807) is 23.1 Å². The van der Waals surface area contributed by atoms with E-state index in [4.69, 9.17) is 4.74 Å². The van der Waals surface area contributed by atoms with E-state index in [1.807, 2.05) is 25.1 Å². The van der Waals surface area contributed by atoms with Crippen LogP contribution in [0.15, 0.2) is 36.4 Å². The van der Waals surface area contributed by atoms with Crippen molar-refractivity contribution in [1.82, 2.24) is 10.2 Å². The average Bonchev–Trinajstić information content (AvgIpc) is 2.98. The third kappa shape index (κ3) is 6.29. The van der Waals surface area contributed by atoms with Gasteiger partial charge in [0.2, 0.25) is 11.8 Å². The van der Waals surface area contributed by atoms with Crippen LogP contribution in [-0.2, 0) is 9.59 Å². The molecule has 0 aliphatic carbocycles. The number of benzene rings is 2. The second-order valence-corrected chi connectivity index (χ2v) is 9.31. The maximum Gasteiger partial charge on any atom is 0.409 e. The molecule has 196 valence electrons. The standard InChI is InChI=1S/C26H31N5O6/c1-30(2)16-7-6-8-17(13-16)37-22-14-18-20(15-21(22)29-26(35)36)28-25(34)19(27-24(18)33)9-10-23(32)31-11-4-3-5-12-31/h6-8,13-15,19,29H,3-5,9-12H2,1-2H3,(H,27,33)(H,28,34)(H,35,36)/t19-/m1/s1. The van der Waals surface area contributed by atoms with Crippen molar-refractivity contribution in [2.75, 3.05) is 42.7 Å². The predicted octanol–water partition coefficient (Wildman–Crippen LogP) is 3.48. The fourth-order valence-electron chi connectivity index (χ4n) is 4.41. The molecule has 2 aromatic rings. The number of ether oxygens (including phenoxy) is 1. The normalized spacial score (nSPS) is 17.1. The number of carboxylic acid groups (broad SMARTS) is 1. The molecule has 1 saturated heterocycles. The van der Waals surface area contributed by atoms with Gasteiger partial charge in [0.25, 0.3) is 5.91 Å². The van der Waals surface area contributed by atoms with Gasteiger partial charge in [-0.3, -0.25) is 19.7 Å². The molecule has 2 aliphatic heterocycles. The van der Waals surface area contributed by atoms with Crippen LogP contribution < -0.4 is 25.6 Å². The highest BCUT2D eigenvalue weighted by Gasteiger charge is 2.30. The number of hydrogen-bond acceptors (Lipinski definition) is 6. The fourth-order valence-corrected chi connectivity index (χ4v) is 4.41. The van der Waals surface area contributed by atoms with E-state index >= 15 is 0 Å². The van der Waals surface area contributed by atoms with E-state index in [2.05, 4.69) is 16.0 Å². The Bertz CT molecular complexity index is 1210. The van der Waals surface area contributed by atoms with Crippen molar-refractivity contribution in [2.24, 2.45) is 0 Å². The van der Waals surface area contributed by atoms with Crippen LogP contribution in [-0.4, -0.2) is 67.0 Å². The zero-order chi connectivity index (χ0) is 26.5. The van der Waals surface area contributed by atoms with Crippen molar-refractivity contribution in [3.8, 4) is 11.5 Å². The lowest BCUT2D eigenvalue weighted by molar-refractivity contribution is -0.132. The fraction of sp³-hybridized carbons (Fsp3) is 0.385. The number of nitrogens with one attached hydrogen (secondary N) is 3. The average molecular weight is 510 g/mol. The molecule has 37 heavy (non-hydrogen) atoms. The highest BCUT2D eigenvalue weighted by molar-refractivity contribution is 6.11. The molecule has 2 aromatic carbocycles. The number of anilines is 3. The minimum absolute atomic E-state index is 0.0351. The summed E-state index contributed by atoms with van der Waals surface area (Å²) in [5.74, 6) is -0.510. The van der Waals surface area contributed by atoms with Crippen LogP contribution >= 0.6 is 0 Å². The highest BCUT2D eigenvalue weighted by Crippen LogP contribution is 2.36. The number of likely N-dealkylation sites (tertiary alicyclic amines) is 1. The molecule has 2 heterocycles. The summed E-state index contributed by atoms with van der Waals surface area (Å²) in [7, 11) is 3.75. The lowest BCUT2D eigenvalue weighted by atomic mass is 10.1. The van der Waals surface area contributed by atoms with Crippen LogP contribution in [0.3, 0.4) is 0 Å². The molecule has 4 amide bonds. The Labute approximate surface area is 214 Å². The lowest BCUT2D eigenvalue weighted by Crippen LogP contribution is -2.42. The molecule has 11 nitrogen and oxygen atoms in total. The Balaban J connectivity index is 1.56. The first-order valence-electron chi connectivity index (χ1n) is 12.2. The molecular weight excluding hydrogens is 478 g/mol. The minimum atomic E-state index is -1.33. The smallest absolute Gasteiger partial charge is 0.409 e. The van der Waals surface area contributed by atoms with Gasteiger partial charge in [0.05, 0.1) is 16.9 Å². The molecule has 4 N–H and O–H groups in total. The van der Waals surface area contributed by atoms with Crippen LogP contribution in [0.25, 0.3) is 0 Å². The Morgan fingerprint density at radius 1 is 1.14 bits per heavy atom. The number of amides is 4. The van der Waals surface area contributed by atoms with Crippen molar-refractivity contribution in [3.05, 3.63) is 42.0 Å². The van der Waals surface area contributed by atoms with E-state index in [0.717, 1.165) is 24.9 Å². The summed E-state index contributed by atoms with van der Waals surface area (Å²) in [6, 6.07) is 8.99. The molecule has 0 saturated carbocycles. The van der Waals surface area contributed by atoms with Crippen molar-refractivity contribution in [1.29, 1.82) is 0 Å². The van der Waals surface area contributed by atoms with Crippen LogP contribution in [0.5, 0.6) is 11.5 Å². The van der Waals surface area contributed by atoms with Crippen LogP contribution in [0.2, 0.25) is 0 Å². The summed E-state index contributed by atoms with van der Waals surface area (Å²) in [5, 5.41) is 17.0. The largest absolute Gasteiger partial charge is 0.465 e. The molecule has 0 bridgehead atoms. The SMILES string of the molecule is CN(C)c1cccc(Oc2cc3c(cc2NC(=O)O)NC(=O)[C@@H](CCC(=O)N2CCCCC2)NC3=O)c1. The van der Waals surface area contributed by atoms with Crippen LogP contribution in [0, 0.1) is 0 Å². The Morgan fingerprint density at radius 3 is 2.59 bits per heavy atom. The van der Waals surface area contributed by atoms with E-state index in [-0.39, 0.29) is 41.4 Å². The third-order valence-electron chi connectivity index (χ3n) is 6.40. The van der Waals surface area contributed by atoms with Gasteiger partial charge in [-0.15, -0.1) is 0 Å². The van der Waals surface area contributed by atoms with E-state index in [0.29, 0.717) is 18.8 Å². The maximum atomic E-state index is 13.1. The van der Waals surface area contributed by atoms with Gasteiger partial charge in [-0.25, -0.2) is 4.79 Å². The molecule has 0 spiro atoms. The zero-order valence-electron chi connectivity index (χ0n) is 20.9. The van der Waals surface area contributed by atoms with E-state index < -0.39 is 23.9 Å². The van der Waals surface area contributed by atoms with Gasteiger partial charge >= 0.3 is 6.09 Å². The van der Waals surface area contributed by atoms with Crippen molar-refractivity contribution < 1.29 is 29.0 Å². The lowest BCUT2D eigenvalue weighted by Gasteiger charge is -2.27. The minimum Gasteiger partial charge on any atom is -0.465 e. The van der Waals surface area contributed by atoms with Gasteiger partial charge < -0.3 is 30.3 Å². The number of carbonyl (C=O) groups excluding carboxylic acids is 3. The number of carbonyl (C=O) groups is 4. The van der Waals surface area contributed by atoms with Crippen molar-refractivity contribution >= 4 is 40.9 Å². The van der Waals surface area contributed by atoms with Gasteiger partial charge in [-0.2, -0.15) is 0 Å². The molecule has 0 radical (unpaired) electrons. The summed E-state index contributed by atoms with van der Waals surface area (Å²) < 4.78 is 5.96. The zero-order valence-corrected chi connectivity index (χ0v) is 20.9. The second-order valence-electron chi connectivity index (χ2n) is 9.31. The molecule has 0 unspecified atom stereocenters. The Morgan fingerprint density at radius 2 is 1.89 bits per heavy atom. The molecule has 1 atom stereocenters. The quantitative estimate of drug-likeness (QED) is 0.448. The van der Waals surface area contributed by atoms with Crippen molar-refractivity contribution in [2.45, 2.75) is 38.1 Å². The van der Waals surface area contributed by atoms with E-state index in [9.17, 15) is 24.3 Å². The van der Waals surface area contributed by atoms with E-state index in [1.165, 1.54) is 12.1 Å². The van der Waals surface area contributed by atoms with Gasteiger partial charge in [0.15, 0.2) is 5.75 Å². The van der Waals surface area contributed by atoms with Gasteiger partial charge in [-0.05, 0) is 49.9 Å². The number of rotatable bonds is 7. The molecular formula is C26H31N5O6. The topological polar surface area (TPSA) is 140 Å². The number of piperidine rings is 1. The van der Waals surface area contributed by atoms with Gasteiger partial charge in [-0.1, -0.05) is 6.07 Å². The summed E-state index contributed by atoms with van der Waals surface area (Å²) >= 11 is 0. The molecule has 0 aromatic heterocycles. The van der Waals surface area contributed by atoms with Crippen LogP contribution in [0.4, 0.5) is 21.9 Å². The molecule has 2 aliphatic rings. The first-order valence-corrected chi connectivity index (χ1v) is 12.2. The predicted molar refractivity (Wildman–Crippen MR) is 138 cm³/mol. The Kier molecular flexibility index (Phi) is 7.80. The molecule has 11 heteroatoms. The number of hydrogen-bond donors (Lipinski definition) is 4. The summed E-state index contributed by atoms with van der Waals surface area (Å²) in [6.07, 6.45) is 2.01. The third-order valence-corrected chi connectivity index (χ3v) is 6.40. The van der Waals surface area contributed by atoms with Gasteiger partial charge in [0.1, 0.15) is 11.8 Å². The van der Waals surface area contributed by atoms with Gasteiger partial charge in [0, 0.05) is 45.4 Å². The first-order chi connectivity index (χ1) is 17.7. The van der Waals surface area contributed by atoms with Crippen molar-refractivity contribution in [3.63, 3.8) is 0 Å². The maximum absolute atomic E-state index is 13.1. The molecule has 4 rings (SSSR count). The number of fused-ring (bicyclic) bond motifs is 1. The summed E-state index contributed by atoms with van der Waals surface area (Å²) in [6.45, 7) is 1.43.